The van der Waals surface area contributed by atoms with E-state index >= 15 is 0 Å². The van der Waals surface area contributed by atoms with Crippen LogP contribution in [0, 0.1) is 28.6 Å². The number of fused-ring (bicyclic) bond motifs is 1. The molecule has 94 valence electrons. The lowest BCUT2D eigenvalue weighted by molar-refractivity contribution is -0.137. The maximum Gasteiger partial charge on any atom is 0.150 e. The first-order valence-electron chi connectivity index (χ1n) is 6.75. The molecule has 2 nitrogen and oxygen atoms in total. The lowest BCUT2D eigenvalue weighted by Gasteiger charge is -2.39. The van der Waals surface area contributed by atoms with Crippen LogP contribution in [-0.2, 0) is 4.79 Å². The van der Waals surface area contributed by atoms with Crippen molar-refractivity contribution in [3.8, 4) is 0 Å². The van der Waals surface area contributed by atoms with Crippen molar-refractivity contribution < 1.29 is 9.90 Å². The minimum atomic E-state index is -0.560. The van der Waals surface area contributed by atoms with E-state index in [4.69, 9.17) is 0 Å². The second-order valence-electron chi connectivity index (χ2n) is 6.94. The molecule has 2 saturated carbocycles. The average Bonchev–Trinajstić information content (AvgIpc) is 2.60. The number of allylic oxidation sites excluding steroid dienone is 1. The molecular weight excluding hydrogens is 212 g/mol. The zero-order valence-electron chi connectivity index (χ0n) is 11.2. The molecule has 0 saturated heterocycles. The Labute approximate surface area is 103 Å². The first kappa shape index (κ1) is 11.5. The van der Waals surface area contributed by atoms with Crippen LogP contribution < -0.4 is 0 Å². The lowest BCUT2D eigenvalue weighted by Crippen LogP contribution is -2.47. The van der Waals surface area contributed by atoms with Crippen LogP contribution in [0.5, 0.6) is 0 Å². The molecule has 0 aromatic carbocycles. The molecule has 0 aromatic heterocycles. The molecule has 0 heterocycles. The summed E-state index contributed by atoms with van der Waals surface area (Å²) < 4.78 is 0. The number of aliphatic hydroxyl groups is 1. The van der Waals surface area contributed by atoms with E-state index in [1.165, 1.54) is 0 Å². The van der Waals surface area contributed by atoms with Gasteiger partial charge >= 0.3 is 0 Å². The highest BCUT2D eigenvalue weighted by molar-refractivity contribution is 5.96. The molecule has 2 fully saturated rings. The monoisotopic (exact) mass is 234 g/mol. The van der Waals surface area contributed by atoms with Gasteiger partial charge in [0, 0.05) is 5.92 Å². The summed E-state index contributed by atoms with van der Waals surface area (Å²) in [5.74, 6) is 1.04. The topological polar surface area (TPSA) is 37.3 Å². The van der Waals surface area contributed by atoms with Crippen LogP contribution in [0.3, 0.4) is 0 Å². The summed E-state index contributed by atoms with van der Waals surface area (Å²) in [5.41, 5.74) is 0.632. The Morgan fingerprint density at radius 1 is 1.35 bits per heavy atom. The standard InChI is InChI=1S/C15H22O2/c1-8-7-11(16)15-9(2)5-6-10(15)14(3,4)12(8)13(15)17/h7,9-12,16H,5-6H2,1-4H3/t9-,10?,11?,12?,15?/m1/s1. The Hall–Kier alpha value is -0.630. The summed E-state index contributed by atoms with van der Waals surface area (Å²) in [4.78, 5) is 12.8. The van der Waals surface area contributed by atoms with Crippen molar-refractivity contribution >= 4 is 5.78 Å². The minimum absolute atomic E-state index is 0.0138. The molecule has 1 N–H and O–H groups in total. The Morgan fingerprint density at radius 2 is 2.00 bits per heavy atom. The SMILES string of the molecule is CC1=CC(O)C23C(=O)C1C(C)(C)C2CC[C@H]3C. The van der Waals surface area contributed by atoms with Crippen molar-refractivity contribution in [1.82, 2.24) is 0 Å². The van der Waals surface area contributed by atoms with Gasteiger partial charge in [-0.2, -0.15) is 0 Å². The second kappa shape index (κ2) is 3.03. The van der Waals surface area contributed by atoms with Gasteiger partial charge in [-0.05, 0) is 37.0 Å². The van der Waals surface area contributed by atoms with Crippen LogP contribution in [0.4, 0.5) is 0 Å². The molecule has 3 aliphatic carbocycles. The second-order valence-corrected chi connectivity index (χ2v) is 6.94. The first-order valence-corrected chi connectivity index (χ1v) is 6.75. The van der Waals surface area contributed by atoms with E-state index in [1.54, 1.807) is 0 Å². The molecule has 0 aliphatic heterocycles. The molecule has 3 aliphatic rings. The molecule has 4 unspecified atom stereocenters. The molecule has 5 atom stereocenters. The maximum atomic E-state index is 12.8. The largest absolute Gasteiger partial charge is 0.388 e. The van der Waals surface area contributed by atoms with Crippen molar-refractivity contribution in [2.24, 2.45) is 28.6 Å². The summed E-state index contributed by atoms with van der Waals surface area (Å²) in [6.45, 7) is 8.59. The third kappa shape index (κ3) is 1.00. The van der Waals surface area contributed by atoms with E-state index in [0.717, 1.165) is 18.4 Å². The predicted molar refractivity (Wildman–Crippen MR) is 66.4 cm³/mol. The number of aliphatic hydroxyl groups excluding tert-OH is 1. The molecule has 17 heavy (non-hydrogen) atoms. The van der Waals surface area contributed by atoms with Gasteiger partial charge in [-0.15, -0.1) is 0 Å². The molecule has 2 bridgehead atoms. The molecule has 0 radical (unpaired) electrons. The highest BCUT2D eigenvalue weighted by Crippen LogP contribution is 2.69. The first-order chi connectivity index (χ1) is 7.84. The Balaban J connectivity index is 2.26. The van der Waals surface area contributed by atoms with Gasteiger partial charge in [-0.1, -0.05) is 32.4 Å². The normalized spacial score (nSPS) is 51.4. The molecule has 0 aromatic rings. The van der Waals surface area contributed by atoms with Gasteiger partial charge in [-0.3, -0.25) is 4.79 Å². The van der Waals surface area contributed by atoms with E-state index in [2.05, 4.69) is 20.8 Å². The van der Waals surface area contributed by atoms with E-state index in [1.807, 2.05) is 13.0 Å². The fourth-order valence-corrected chi connectivity index (χ4v) is 5.35. The Kier molecular flexibility index (Phi) is 2.04. The Bertz CT molecular complexity index is 421. The van der Waals surface area contributed by atoms with E-state index in [-0.39, 0.29) is 11.3 Å². The van der Waals surface area contributed by atoms with Gasteiger partial charge < -0.3 is 5.11 Å². The number of Topliss-reactive ketones (excluding diaryl/α,β-unsaturated/α-hetero) is 1. The minimum Gasteiger partial charge on any atom is -0.388 e. The fraction of sp³-hybridized carbons (Fsp3) is 0.800. The third-order valence-electron chi connectivity index (χ3n) is 5.98. The van der Waals surface area contributed by atoms with Crippen LogP contribution in [0.25, 0.3) is 0 Å². The predicted octanol–water partition coefficient (Wildman–Crippen LogP) is 2.56. The van der Waals surface area contributed by atoms with Gasteiger partial charge in [0.2, 0.25) is 0 Å². The highest BCUT2D eigenvalue weighted by atomic mass is 16.3. The molecular formula is C15H22O2. The number of carbonyl (C=O) groups excluding carboxylic acids is 1. The van der Waals surface area contributed by atoms with Crippen molar-refractivity contribution in [3.05, 3.63) is 11.6 Å². The van der Waals surface area contributed by atoms with Crippen molar-refractivity contribution in [1.29, 1.82) is 0 Å². The summed E-state index contributed by atoms with van der Waals surface area (Å²) in [6, 6.07) is 0. The summed E-state index contributed by atoms with van der Waals surface area (Å²) in [7, 11) is 0. The fourth-order valence-electron chi connectivity index (χ4n) is 5.35. The average molecular weight is 234 g/mol. The smallest absolute Gasteiger partial charge is 0.150 e. The number of ketones is 1. The van der Waals surface area contributed by atoms with Crippen LogP contribution in [0.1, 0.15) is 40.5 Å². The number of hydrogen-bond acceptors (Lipinski definition) is 2. The van der Waals surface area contributed by atoms with Crippen molar-refractivity contribution in [2.75, 3.05) is 0 Å². The number of rotatable bonds is 0. The highest BCUT2D eigenvalue weighted by Gasteiger charge is 2.71. The van der Waals surface area contributed by atoms with E-state index < -0.39 is 11.5 Å². The zero-order chi connectivity index (χ0) is 12.6. The zero-order valence-corrected chi connectivity index (χ0v) is 11.2. The Morgan fingerprint density at radius 3 is 2.65 bits per heavy atom. The maximum absolute atomic E-state index is 12.8. The van der Waals surface area contributed by atoms with Crippen molar-refractivity contribution in [2.45, 2.75) is 46.6 Å². The van der Waals surface area contributed by atoms with E-state index in [0.29, 0.717) is 17.6 Å². The van der Waals surface area contributed by atoms with Crippen LogP contribution in [-0.4, -0.2) is 17.0 Å². The molecule has 3 rings (SSSR count). The molecule has 2 heteroatoms. The lowest BCUT2D eigenvalue weighted by atomic mass is 9.65. The van der Waals surface area contributed by atoms with Gasteiger partial charge in [0.1, 0.15) is 5.78 Å². The summed E-state index contributed by atoms with van der Waals surface area (Å²) in [5, 5.41) is 10.5. The van der Waals surface area contributed by atoms with Crippen molar-refractivity contribution in [3.63, 3.8) is 0 Å². The van der Waals surface area contributed by atoms with Gasteiger partial charge in [0.05, 0.1) is 11.5 Å². The van der Waals surface area contributed by atoms with E-state index in [9.17, 15) is 9.90 Å². The summed E-state index contributed by atoms with van der Waals surface area (Å²) in [6.07, 6.45) is 3.57. The third-order valence-corrected chi connectivity index (χ3v) is 5.98. The van der Waals surface area contributed by atoms with Crippen LogP contribution in [0.2, 0.25) is 0 Å². The van der Waals surface area contributed by atoms with Crippen LogP contribution >= 0.6 is 0 Å². The number of carbonyl (C=O) groups is 1. The quantitative estimate of drug-likeness (QED) is 0.654. The number of hydrogen-bond donors (Lipinski definition) is 1. The van der Waals surface area contributed by atoms with Gasteiger partial charge in [0.25, 0.3) is 0 Å². The summed E-state index contributed by atoms with van der Waals surface area (Å²) >= 11 is 0. The van der Waals surface area contributed by atoms with Gasteiger partial charge in [0.15, 0.2) is 0 Å². The molecule has 0 amide bonds. The van der Waals surface area contributed by atoms with Crippen LogP contribution in [0.15, 0.2) is 11.6 Å². The van der Waals surface area contributed by atoms with Gasteiger partial charge in [-0.25, -0.2) is 0 Å². The molecule has 1 spiro atoms.